The van der Waals surface area contributed by atoms with Crippen LogP contribution < -0.4 is 5.32 Å². The van der Waals surface area contributed by atoms with E-state index in [4.69, 9.17) is 0 Å². The quantitative estimate of drug-likeness (QED) is 0.834. The molecule has 0 radical (unpaired) electrons. The van der Waals surface area contributed by atoms with E-state index in [9.17, 15) is 4.39 Å². The third-order valence-electron chi connectivity index (χ3n) is 2.80. The van der Waals surface area contributed by atoms with E-state index < -0.39 is 0 Å². The predicted octanol–water partition coefficient (Wildman–Crippen LogP) is 5.07. The number of anilines is 1. The zero-order valence-corrected chi connectivity index (χ0v) is 12.0. The molecule has 18 heavy (non-hydrogen) atoms. The number of aryl methyl sites for hydroxylation is 1. The summed E-state index contributed by atoms with van der Waals surface area (Å²) in [5, 5.41) is 3.30. The van der Waals surface area contributed by atoms with E-state index in [1.165, 1.54) is 17.7 Å². The summed E-state index contributed by atoms with van der Waals surface area (Å²) in [6, 6.07) is 13.2. The van der Waals surface area contributed by atoms with Crippen molar-refractivity contribution in [2.24, 2.45) is 0 Å². The van der Waals surface area contributed by atoms with Gasteiger partial charge < -0.3 is 5.32 Å². The van der Waals surface area contributed by atoms with Gasteiger partial charge in [-0.3, -0.25) is 0 Å². The highest BCUT2D eigenvalue weighted by Crippen LogP contribution is 2.22. The van der Waals surface area contributed by atoms with E-state index in [0.29, 0.717) is 0 Å². The van der Waals surface area contributed by atoms with Gasteiger partial charge in [0.15, 0.2) is 0 Å². The van der Waals surface area contributed by atoms with Crippen LogP contribution in [0.25, 0.3) is 0 Å². The fourth-order valence-electron chi connectivity index (χ4n) is 1.90. The predicted molar refractivity (Wildman–Crippen MR) is 77.3 cm³/mol. The maximum absolute atomic E-state index is 13.3. The van der Waals surface area contributed by atoms with Gasteiger partial charge in [-0.05, 0) is 55.3 Å². The third kappa shape index (κ3) is 3.33. The molecule has 0 aliphatic rings. The number of hydrogen-bond donors (Lipinski definition) is 1. The maximum atomic E-state index is 13.3. The van der Waals surface area contributed by atoms with Crippen molar-refractivity contribution in [3.8, 4) is 0 Å². The molecule has 0 fully saturated rings. The van der Waals surface area contributed by atoms with Gasteiger partial charge in [0.25, 0.3) is 0 Å². The fourth-order valence-corrected chi connectivity index (χ4v) is 2.17. The molecule has 0 spiro atoms. The minimum Gasteiger partial charge on any atom is -0.378 e. The van der Waals surface area contributed by atoms with Crippen LogP contribution in [0.3, 0.4) is 0 Å². The lowest BCUT2D eigenvalue weighted by atomic mass is 10.1. The van der Waals surface area contributed by atoms with Gasteiger partial charge in [-0.15, -0.1) is 0 Å². The Morgan fingerprint density at radius 3 is 2.39 bits per heavy atom. The van der Waals surface area contributed by atoms with Gasteiger partial charge in [-0.1, -0.05) is 28.1 Å². The van der Waals surface area contributed by atoms with Gasteiger partial charge in [0.1, 0.15) is 5.82 Å². The van der Waals surface area contributed by atoms with Crippen molar-refractivity contribution >= 4 is 21.6 Å². The highest BCUT2D eigenvalue weighted by molar-refractivity contribution is 9.10. The zero-order valence-electron chi connectivity index (χ0n) is 10.4. The second-order valence-corrected chi connectivity index (χ2v) is 5.35. The molecule has 0 aliphatic carbocycles. The van der Waals surface area contributed by atoms with Crippen molar-refractivity contribution < 1.29 is 4.39 Å². The molecule has 0 amide bonds. The number of nitrogens with one attached hydrogen (secondary N) is 1. The van der Waals surface area contributed by atoms with Crippen LogP contribution in [0.2, 0.25) is 0 Å². The lowest BCUT2D eigenvalue weighted by molar-refractivity contribution is 0.626. The van der Waals surface area contributed by atoms with Crippen LogP contribution in [0.5, 0.6) is 0 Å². The van der Waals surface area contributed by atoms with Crippen molar-refractivity contribution in [2.45, 2.75) is 19.9 Å². The zero-order chi connectivity index (χ0) is 13.1. The van der Waals surface area contributed by atoms with E-state index in [2.05, 4.69) is 28.2 Å². The molecule has 1 nitrogen and oxygen atoms in total. The number of rotatable bonds is 3. The van der Waals surface area contributed by atoms with E-state index >= 15 is 0 Å². The monoisotopic (exact) mass is 307 g/mol. The topological polar surface area (TPSA) is 12.0 Å². The molecular formula is C15H15BrFN. The van der Waals surface area contributed by atoms with Gasteiger partial charge >= 0.3 is 0 Å². The van der Waals surface area contributed by atoms with Crippen molar-refractivity contribution in [2.75, 3.05) is 5.32 Å². The lowest BCUT2D eigenvalue weighted by Crippen LogP contribution is -2.06. The first-order valence-corrected chi connectivity index (χ1v) is 6.63. The molecular weight excluding hydrogens is 293 g/mol. The van der Waals surface area contributed by atoms with Crippen LogP contribution >= 0.6 is 15.9 Å². The van der Waals surface area contributed by atoms with Crippen LogP contribution in [0.1, 0.15) is 24.1 Å². The smallest absolute Gasteiger partial charge is 0.125 e. The second kappa shape index (κ2) is 5.53. The summed E-state index contributed by atoms with van der Waals surface area (Å²) in [6.07, 6.45) is 0. The number of benzene rings is 2. The number of halogens is 2. The highest BCUT2D eigenvalue weighted by atomic mass is 79.9. The largest absolute Gasteiger partial charge is 0.378 e. The first kappa shape index (κ1) is 13.1. The molecule has 94 valence electrons. The van der Waals surface area contributed by atoms with Gasteiger partial charge in [-0.2, -0.15) is 0 Å². The molecule has 0 saturated heterocycles. The van der Waals surface area contributed by atoms with Crippen LogP contribution in [-0.2, 0) is 0 Å². The molecule has 3 heteroatoms. The van der Waals surface area contributed by atoms with Gasteiger partial charge in [0.2, 0.25) is 0 Å². The molecule has 0 saturated carbocycles. The Morgan fingerprint density at radius 2 is 1.78 bits per heavy atom. The first-order valence-electron chi connectivity index (χ1n) is 5.84. The summed E-state index contributed by atoms with van der Waals surface area (Å²) in [5.41, 5.74) is 2.89. The Balaban J connectivity index is 2.15. The van der Waals surface area contributed by atoms with Crippen molar-refractivity contribution in [1.82, 2.24) is 0 Å². The molecule has 2 aromatic carbocycles. The summed E-state index contributed by atoms with van der Waals surface area (Å²) in [7, 11) is 0. The Morgan fingerprint density at radius 1 is 1.11 bits per heavy atom. The Labute approximate surface area is 115 Å². The highest BCUT2D eigenvalue weighted by Gasteiger charge is 2.06. The standard InChI is InChI=1S/C15H15BrFN/c1-10-7-14(17)9-15(8-10)18-11(2)12-3-5-13(16)6-4-12/h3-9,11,18H,1-2H3. The Hall–Kier alpha value is -1.35. The molecule has 0 bridgehead atoms. The molecule has 1 N–H and O–H groups in total. The van der Waals surface area contributed by atoms with Crippen LogP contribution in [0, 0.1) is 12.7 Å². The third-order valence-corrected chi connectivity index (χ3v) is 3.32. The van der Waals surface area contributed by atoms with E-state index in [1.807, 2.05) is 37.3 Å². The van der Waals surface area contributed by atoms with Crippen LogP contribution in [0.15, 0.2) is 46.9 Å². The Bertz CT molecular complexity index is 516. The minimum atomic E-state index is -0.208. The van der Waals surface area contributed by atoms with Crippen molar-refractivity contribution in [1.29, 1.82) is 0 Å². The first-order chi connectivity index (χ1) is 8.54. The van der Waals surface area contributed by atoms with Crippen molar-refractivity contribution in [3.05, 3.63) is 63.9 Å². The van der Waals surface area contributed by atoms with Gasteiger partial charge in [0, 0.05) is 16.2 Å². The average Bonchev–Trinajstić information content (AvgIpc) is 2.28. The summed E-state index contributed by atoms with van der Waals surface area (Å²) >= 11 is 3.41. The SMILES string of the molecule is Cc1cc(F)cc(NC(C)c2ccc(Br)cc2)c1. The summed E-state index contributed by atoms with van der Waals surface area (Å²) in [4.78, 5) is 0. The molecule has 2 aromatic rings. The second-order valence-electron chi connectivity index (χ2n) is 4.43. The molecule has 2 rings (SSSR count). The molecule has 1 atom stereocenters. The van der Waals surface area contributed by atoms with Crippen LogP contribution in [-0.4, -0.2) is 0 Å². The van der Waals surface area contributed by atoms with E-state index in [1.54, 1.807) is 0 Å². The summed E-state index contributed by atoms with van der Waals surface area (Å²) in [6.45, 7) is 3.95. The van der Waals surface area contributed by atoms with Gasteiger partial charge in [-0.25, -0.2) is 4.39 Å². The van der Waals surface area contributed by atoms with E-state index in [0.717, 1.165) is 15.7 Å². The lowest BCUT2D eigenvalue weighted by Gasteiger charge is -2.16. The van der Waals surface area contributed by atoms with Crippen molar-refractivity contribution in [3.63, 3.8) is 0 Å². The fraction of sp³-hybridized carbons (Fsp3) is 0.200. The molecule has 0 aromatic heterocycles. The minimum absolute atomic E-state index is 0.138. The number of hydrogen-bond acceptors (Lipinski definition) is 1. The summed E-state index contributed by atoms with van der Waals surface area (Å²) in [5.74, 6) is -0.208. The molecule has 0 aliphatic heterocycles. The Kier molecular flexibility index (Phi) is 4.02. The van der Waals surface area contributed by atoms with E-state index in [-0.39, 0.29) is 11.9 Å². The van der Waals surface area contributed by atoms with Crippen LogP contribution in [0.4, 0.5) is 10.1 Å². The van der Waals surface area contributed by atoms with Gasteiger partial charge in [0.05, 0.1) is 0 Å². The average molecular weight is 308 g/mol. The maximum Gasteiger partial charge on any atom is 0.125 e. The summed E-state index contributed by atoms with van der Waals surface area (Å²) < 4.78 is 14.3. The molecule has 1 unspecified atom stereocenters. The molecule has 0 heterocycles. The normalized spacial score (nSPS) is 12.2.